The minimum absolute atomic E-state index is 0.0508. The SMILES string of the molecule is CC1(C)CC(=O)c2c(sc(C(=O)c3ccc(Br)cc3)c2N)C1. The molecule has 0 saturated carbocycles. The summed E-state index contributed by atoms with van der Waals surface area (Å²) in [5.41, 5.74) is 7.57. The van der Waals surface area contributed by atoms with Crippen LogP contribution in [0.2, 0.25) is 0 Å². The fourth-order valence-electron chi connectivity index (χ4n) is 2.84. The van der Waals surface area contributed by atoms with Crippen LogP contribution in [0.1, 0.15) is 50.7 Å². The standard InChI is InChI=1S/C17H16BrNO2S/c1-17(2)7-11(20)13-12(8-17)22-16(14(13)19)15(21)9-3-5-10(18)6-4-9/h3-6H,7-8,19H2,1-2H3. The van der Waals surface area contributed by atoms with Crippen LogP contribution in [0.4, 0.5) is 5.69 Å². The molecule has 1 aromatic heterocycles. The Labute approximate surface area is 141 Å². The molecule has 3 nitrogen and oxygen atoms in total. The van der Waals surface area contributed by atoms with Crippen molar-refractivity contribution in [2.24, 2.45) is 5.41 Å². The summed E-state index contributed by atoms with van der Waals surface area (Å²) in [6, 6.07) is 7.17. The van der Waals surface area contributed by atoms with Gasteiger partial charge in [-0.3, -0.25) is 9.59 Å². The van der Waals surface area contributed by atoms with E-state index in [1.165, 1.54) is 11.3 Å². The molecule has 1 aromatic carbocycles. The lowest BCUT2D eigenvalue weighted by Crippen LogP contribution is -2.26. The predicted molar refractivity (Wildman–Crippen MR) is 92.7 cm³/mol. The number of hydrogen-bond acceptors (Lipinski definition) is 4. The summed E-state index contributed by atoms with van der Waals surface area (Å²) in [4.78, 5) is 26.4. The van der Waals surface area contributed by atoms with E-state index in [9.17, 15) is 9.59 Å². The number of benzene rings is 1. The molecule has 0 saturated heterocycles. The number of anilines is 1. The van der Waals surface area contributed by atoms with Crippen molar-refractivity contribution in [2.45, 2.75) is 26.7 Å². The highest BCUT2D eigenvalue weighted by molar-refractivity contribution is 9.10. The summed E-state index contributed by atoms with van der Waals surface area (Å²) in [6.45, 7) is 4.14. The van der Waals surface area contributed by atoms with Gasteiger partial charge in [0.25, 0.3) is 0 Å². The minimum atomic E-state index is -0.116. The van der Waals surface area contributed by atoms with Gasteiger partial charge in [-0.05, 0) is 36.1 Å². The number of carbonyl (C=O) groups excluding carboxylic acids is 2. The van der Waals surface area contributed by atoms with Crippen LogP contribution >= 0.6 is 27.3 Å². The molecule has 1 heterocycles. The summed E-state index contributed by atoms with van der Waals surface area (Å²) in [6.07, 6.45) is 1.27. The van der Waals surface area contributed by atoms with Crippen molar-refractivity contribution in [2.75, 3.05) is 5.73 Å². The van der Waals surface area contributed by atoms with Gasteiger partial charge in [-0.1, -0.05) is 29.8 Å². The number of carbonyl (C=O) groups is 2. The van der Waals surface area contributed by atoms with E-state index in [0.29, 0.717) is 28.1 Å². The molecule has 22 heavy (non-hydrogen) atoms. The lowest BCUT2D eigenvalue weighted by atomic mass is 9.76. The smallest absolute Gasteiger partial charge is 0.205 e. The van der Waals surface area contributed by atoms with Crippen LogP contribution in [-0.4, -0.2) is 11.6 Å². The Balaban J connectivity index is 2.05. The van der Waals surface area contributed by atoms with Crippen molar-refractivity contribution in [1.29, 1.82) is 0 Å². The average Bonchev–Trinajstić information content (AvgIpc) is 2.74. The minimum Gasteiger partial charge on any atom is -0.397 e. The molecule has 0 spiro atoms. The quantitative estimate of drug-likeness (QED) is 0.784. The predicted octanol–water partition coefficient (Wildman–Crippen LogP) is 4.48. The number of Topliss-reactive ketones (excluding diaryl/α,β-unsaturated/α-hetero) is 1. The largest absolute Gasteiger partial charge is 0.397 e. The highest BCUT2D eigenvalue weighted by atomic mass is 79.9. The van der Waals surface area contributed by atoms with Gasteiger partial charge in [-0.25, -0.2) is 0 Å². The van der Waals surface area contributed by atoms with Gasteiger partial charge in [0.05, 0.1) is 16.1 Å². The summed E-state index contributed by atoms with van der Waals surface area (Å²) < 4.78 is 0.916. The maximum atomic E-state index is 12.7. The summed E-state index contributed by atoms with van der Waals surface area (Å²) in [5, 5.41) is 0. The molecule has 2 aromatic rings. The zero-order valence-corrected chi connectivity index (χ0v) is 14.8. The summed E-state index contributed by atoms with van der Waals surface area (Å²) >= 11 is 4.72. The number of halogens is 1. The third kappa shape index (κ3) is 2.63. The van der Waals surface area contributed by atoms with Gasteiger partial charge in [0.2, 0.25) is 5.78 Å². The van der Waals surface area contributed by atoms with E-state index in [-0.39, 0.29) is 17.0 Å². The van der Waals surface area contributed by atoms with Crippen LogP contribution in [0, 0.1) is 5.41 Å². The van der Waals surface area contributed by atoms with Crippen molar-refractivity contribution >= 4 is 44.5 Å². The van der Waals surface area contributed by atoms with Gasteiger partial charge < -0.3 is 5.73 Å². The Kier molecular flexibility index (Phi) is 3.73. The van der Waals surface area contributed by atoms with E-state index in [2.05, 4.69) is 29.8 Å². The zero-order chi connectivity index (χ0) is 16.1. The lowest BCUT2D eigenvalue weighted by Gasteiger charge is -2.28. The monoisotopic (exact) mass is 377 g/mol. The first-order valence-corrected chi connectivity index (χ1v) is 8.64. The number of nitrogens with two attached hydrogens (primary N) is 1. The highest BCUT2D eigenvalue weighted by Crippen LogP contribution is 2.43. The molecule has 0 bridgehead atoms. The normalized spacial score (nSPS) is 16.4. The molecule has 0 radical (unpaired) electrons. The molecule has 0 fully saturated rings. The van der Waals surface area contributed by atoms with E-state index in [4.69, 9.17) is 5.73 Å². The van der Waals surface area contributed by atoms with Crippen molar-refractivity contribution < 1.29 is 9.59 Å². The fourth-order valence-corrected chi connectivity index (χ4v) is 4.57. The number of nitrogen functional groups attached to an aromatic ring is 1. The maximum absolute atomic E-state index is 12.7. The van der Waals surface area contributed by atoms with Crippen LogP contribution in [-0.2, 0) is 6.42 Å². The van der Waals surface area contributed by atoms with Crippen molar-refractivity contribution in [3.8, 4) is 0 Å². The van der Waals surface area contributed by atoms with Crippen molar-refractivity contribution in [3.05, 3.63) is 49.6 Å². The average molecular weight is 378 g/mol. The lowest BCUT2D eigenvalue weighted by molar-refractivity contribution is 0.0915. The molecule has 5 heteroatoms. The Morgan fingerprint density at radius 2 is 1.86 bits per heavy atom. The molecular formula is C17H16BrNO2S. The molecule has 114 valence electrons. The third-order valence-electron chi connectivity index (χ3n) is 3.89. The number of ketones is 2. The van der Waals surface area contributed by atoms with E-state index in [1.54, 1.807) is 12.1 Å². The van der Waals surface area contributed by atoms with E-state index >= 15 is 0 Å². The molecule has 1 aliphatic carbocycles. The Hall–Kier alpha value is -1.46. The van der Waals surface area contributed by atoms with Crippen LogP contribution in [0.25, 0.3) is 0 Å². The van der Waals surface area contributed by atoms with Crippen molar-refractivity contribution in [3.63, 3.8) is 0 Å². The first-order chi connectivity index (χ1) is 10.3. The van der Waals surface area contributed by atoms with E-state index < -0.39 is 0 Å². The van der Waals surface area contributed by atoms with Crippen LogP contribution < -0.4 is 5.73 Å². The van der Waals surface area contributed by atoms with Crippen LogP contribution in [0.3, 0.4) is 0 Å². The molecule has 1 aliphatic rings. The summed E-state index contributed by atoms with van der Waals surface area (Å²) in [5.74, 6) is -0.0649. The second-order valence-corrected chi connectivity index (χ2v) is 8.44. The molecule has 0 unspecified atom stereocenters. The molecule has 2 N–H and O–H groups in total. The summed E-state index contributed by atoms with van der Waals surface area (Å²) in [7, 11) is 0. The number of rotatable bonds is 2. The van der Waals surface area contributed by atoms with Crippen molar-refractivity contribution in [1.82, 2.24) is 0 Å². The molecule has 3 rings (SSSR count). The molecule has 0 aliphatic heterocycles. The third-order valence-corrected chi connectivity index (χ3v) is 5.62. The van der Waals surface area contributed by atoms with Crippen LogP contribution in [0.15, 0.2) is 28.7 Å². The van der Waals surface area contributed by atoms with Gasteiger partial charge in [0, 0.05) is 21.3 Å². The van der Waals surface area contributed by atoms with Gasteiger partial charge in [0.15, 0.2) is 5.78 Å². The fraction of sp³-hybridized carbons (Fsp3) is 0.294. The van der Waals surface area contributed by atoms with Gasteiger partial charge in [-0.2, -0.15) is 0 Å². The second-order valence-electron chi connectivity index (χ2n) is 6.42. The first kappa shape index (κ1) is 15.4. The molecule has 0 atom stereocenters. The molecular weight excluding hydrogens is 362 g/mol. The van der Waals surface area contributed by atoms with Gasteiger partial charge in [0.1, 0.15) is 0 Å². The highest BCUT2D eigenvalue weighted by Gasteiger charge is 2.36. The topological polar surface area (TPSA) is 60.2 Å². The van der Waals surface area contributed by atoms with E-state index in [1.807, 2.05) is 12.1 Å². The second kappa shape index (κ2) is 5.32. The Morgan fingerprint density at radius 3 is 2.50 bits per heavy atom. The number of fused-ring (bicyclic) bond motifs is 1. The van der Waals surface area contributed by atoms with Crippen LogP contribution in [0.5, 0.6) is 0 Å². The first-order valence-electron chi connectivity index (χ1n) is 7.03. The number of thiophene rings is 1. The maximum Gasteiger partial charge on any atom is 0.205 e. The van der Waals surface area contributed by atoms with E-state index in [0.717, 1.165) is 15.8 Å². The van der Waals surface area contributed by atoms with Gasteiger partial charge >= 0.3 is 0 Å². The Morgan fingerprint density at radius 1 is 1.23 bits per heavy atom. The zero-order valence-electron chi connectivity index (χ0n) is 12.4. The Bertz CT molecular complexity index is 775. The molecule has 0 amide bonds. The van der Waals surface area contributed by atoms with Gasteiger partial charge in [-0.15, -0.1) is 11.3 Å². The number of hydrogen-bond donors (Lipinski definition) is 1.